The van der Waals surface area contributed by atoms with Crippen LogP contribution in [0.5, 0.6) is 0 Å². The predicted molar refractivity (Wildman–Crippen MR) is 82.7 cm³/mol. The van der Waals surface area contributed by atoms with Gasteiger partial charge in [-0.05, 0) is 6.07 Å². The van der Waals surface area contributed by atoms with Gasteiger partial charge in [0.25, 0.3) is 5.91 Å². The highest BCUT2D eigenvalue weighted by Crippen LogP contribution is 2.29. The summed E-state index contributed by atoms with van der Waals surface area (Å²) in [6.45, 7) is 1.75. The molecule has 0 saturated heterocycles. The normalized spacial score (nSPS) is 20.5. The highest BCUT2D eigenvalue weighted by molar-refractivity contribution is 5.94. The first-order chi connectivity index (χ1) is 11.5. The van der Waals surface area contributed by atoms with Crippen LogP contribution in [0.15, 0.2) is 12.3 Å². The Labute approximate surface area is 137 Å². The van der Waals surface area contributed by atoms with Gasteiger partial charge in [0.1, 0.15) is 5.69 Å². The number of nitrogens with one attached hydrogen (secondary N) is 1. The largest absolute Gasteiger partial charge is 0.465 e. The molecule has 4 rings (SSSR count). The molecule has 2 N–H and O–H groups in total. The van der Waals surface area contributed by atoms with Gasteiger partial charge in [-0.1, -0.05) is 0 Å². The molecule has 2 amide bonds. The smallest absolute Gasteiger partial charge is 0.407 e. The van der Waals surface area contributed by atoms with E-state index in [1.54, 1.807) is 22.8 Å². The molecule has 0 aliphatic carbocycles. The zero-order valence-electron chi connectivity index (χ0n) is 13.3. The average Bonchev–Trinajstić information content (AvgIpc) is 3.17. The summed E-state index contributed by atoms with van der Waals surface area (Å²) in [5.74, 6) is -0.0439. The zero-order chi connectivity index (χ0) is 16.8. The minimum Gasteiger partial charge on any atom is -0.465 e. The van der Waals surface area contributed by atoms with Gasteiger partial charge in [0.15, 0.2) is 0 Å². The van der Waals surface area contributed by atoms with Crippen molar-refractivity contribution in [2.24, 2.45) is 0 Å². The van der Waals surface area contributed by atoms with Gasteiger partial charge in [-0.2, -0.15) is 10.2 Å². The first kappa shape index (κ1) is 14.7. The van der Waals surface area contributed by atoms with E-state index in [1.165, 1.54) is 4.90 Å². The quantitative estimate of drug-likeness (QED) is 0.792. The van der Waals surface area contributed by atoms with E-state index in [9.17, 15) is 14.7 Å². The van der Waals surface area contributed by atoms with E-state index < -0.39 is 6.09 Å². The first-order valence-electron chi connectivity index (χ1n) is 7.85. The van der Waals surface area contributed by atoms with Gasteiger partial charge in [-0.3, -0.25) is 14.6 Å². The van der Waals surface area contributed by atoms with Crippen molar-refractivity contribution in [3.63, 3.8) is 0 Å². The van der Waals surface area contributed by atoms with Gasteiger partial charge in [0.05, 0.1) is 18.8 Å². The van der Waals surface area contributed by atoms with Crippen LogP contribution in [0.2, 0.25) is 0 Å². The average molecular weight is 330 g/mol. The number of fused-ring (bicyclic) bond motifs is 3. The van der Waals surface area contributed by atoms with Crippen LogP contribution in [0.1, 0.15) is 33.4 Å². The van der Waals surface area contributed by atoms with Gasteiger partial charge in [0.2, 0.25) is 0 Å². The SMILES string of the molecule is CN1CC(c2ccn[nH]2)Cn2nc3c(c2C1=O)CN(C(=O)O)CC3. The van der Waals surface area contributed by atoms with Gasteiger partial charge < -0.3 is 14.9 Å². The Balaban J connectivity index is 1.75. The summed E-state index contributed by atoms with van der Waals surface area (Å²) in [7, 11) is 1.76. The number of rotatable bonds is 1. The summed E-state index contributed by atoms with van der Waals surface area (Å²) in [5, 5.41) is 20.8. The second kappa shape index (κ2) is 5.36. The number of H-pyrrole nitrogens is 1. The van der Waals surface area contributed by atoms with Crippen molar-refractivity contribution in [2.45, 2.75) is 25.4 Å². The minimum absolute atomic E-state index is 0.0691. The lowest BCUT2D eigenvalue weighted by Crippen LogP contribution is -2.36. The Morgan fingerprint density at radius 2 is 2.25 bits per heavy atom. The summed E-state index contributed by atoms with van der Waals surface area (Å²) in [4.78, 5) is 27.1. The Morgan fingerprint density at radius 3 is 2.96 bits per heavy atom. The molecular formula is C15H18N6O3. The monoisotopic (exact) mass is 330 g/mol. The van der Waals surface area contributed by atoms with Crippen molar-refractivity contribution >= 4 is 12.0 Å². The number of carbonyl (C=O) groups is 2. The number of amides is 2. The van der Waals surface area contributed by atoms with Crippen molar-refractivity contribution in [1.29, 1.82) is 0 Å². The molecule has 2 aromatic rings. The Kier molecular flexibility index (Phi) is 3.29. The van der Waals surface area contributed by atoms with Crippen molar-refractivity contribution < 1.29 is 14.7 Å². The molecule has 0 bridgehead atoms. The van der Waals surface area contributed by atoms with E-state index in [2.05, 4.69) is 15.3 Å². The third-order valence-electron chi connectivity index (χ3n) is 4.77. The number of aromatic amines is 1. The lowest BCUT2D eigenvalue weighted by atomic mass is 10.1. The number of nitrogens with zero attached hydrogens (tertiary/aromatic N) is 5. The van der Waals surface area contributed by atoms with Crippen LogP contribution in [-0.4, -0.2) is 67.0 Å². The molecule has 126 valence electrons. The van der Waals surface area contributed by atoms with Crippen LogP contribution in [0.25, 0.3) is 0 Å². The van der Waals surface area contributed by atoms with E-state index in [-0.39, 0.29) is 18.4 Å². The minimum atomic E-state index is -0.967. The Morgan fingerprint density at radius 1 is 1.42 bits per heavy atom. The van der Waals surface area contributed by atoms with E-state index in [1.807, 2.05) is 6.07 Å². The number of likely N-dealkylation sites (N-methyl/N-ethyl adjacent to an activating group) is 1. The molecule has 9 nitrogen and oxygen atoms in total. The molecular weight excluding hydrogens is 312 g/mol. The third-order valence-corrected chi connectivity index (χ3v) is 4.77. The van der Waals surface area contributed by atoms with E-state index in [0.29, 0.717) is 31.7 Å². The maximum atomic E-state index is 12.8. The molecule has 4 heterocycles. The third kappa shape index (κ3) is 2.24. The predicted octanol–water partition coefficient (Wildman–Crippen LogP) is 0.512. The molecule has 0 saturated carbocycles. The Bertz CT molecular complexity index is 796. The standard InChI is InChI=1S/C15H18N6O3/c1-19-6-9(11-2-4-16-17-11)7-21-13(14(19)22)10-8-20(15(23)24)5-3-12(10)18-21/h2,4,9H,3,5-8H2,1H3,(H,16,17)(H,23,24). The summed E-state index contributed by atoms with van der Waals surface area (Å²) in [5.41, 5.74) is 3.05. The highest BCUT2D eigenvalue weighted by Gasteiger charge is 2.35. The van der Waals surface area contributed by atoms with Crippen molar-refractivity contribution in [1.82, 2.24) is 29.8 Å². The maximum absolute atomic E-state index is 12.8. The molecule has 1 atom stereocenters. The molecule has 9 heteroatoms. The van der Waals surface area contributed by atoms with Crippen LogP contribution in [0.3, 0.4) is 0 Å². The van der Waals surface area contributed by atoms with E-state index in [0.717, 1.165) is 17.0 Å². The lowest BCUT2D eigenvalue weighted by Gasteiger charge is -2.24. The van der Waals surface area contributed by atoms with Gasteiger partial charge in [-0.25, -0.2) is 4.79 Å². The molecule has 2 aliphatic heterocycles. The van der Waals surface area contributed by atoms with E-state index >= 15 is 0 Å². The van der Waals surface area contributed by atoms with Crippen LogP contribution in [0, 0.1) is 0 Å². The number of carboxylic acid groups (broad SMARTS) is 1. The van der Waals surface area contributed by atoms with Crippen molar-refractivity contribution in [2.75, 3.05) is 20.1 Å². The molecule has 0 radical (unpaired) electrons. The molecule has 0 spiro atoms. The summed E-state index contributed by atoms with van der Waals surface area (Å²) < 4.78 is 1.74. The fraction of sp³-hybridized carbons (Fsp3) is 0.467. The maximum Gasteiger partial charge on any atom is 0.407 e. The molecule has 24 heavy (non-hydrogen) atoms. The van der Waals surface area contributed by atoms with Crippen molar-refractivity contribution in [3.8, 4) is 0 Å². The molecule has 0 fully saturated rings. The number of aromatic nitrogens is 4. The lowest BCUT2D eigenvalue weighted by molar-refractivity contribution is 0.0787. The number of hydrogen-bond donors (Lipinski definition) is 2. The molecule has 2 aliphatic rings. The van der Waals surface area contributed by atoms with Gasteiger partial charge in [-0.15, -0.1) is 0 Å². The first-order valence-corrected chi connectivity index (χ1v) is 7.85. The van der Waals surface area contributed by atoms with Gasteiger partial charge >= 0.3 is 6.09 Å². The summed E-state index contributed by atoms with van der Waals surface area (Å²) >= 11 is 0. The highest BCUT2D eigenvalue weighted by atomic mass is 16.4. The molecule has 1 unspecified atom stereocenters. The van der Waals surface area contributed by atoms with Crippen LogP contribution < -0.4 is 0 Å². The van der Waals surface area contributed by atoms with Crippen molar-refractivity contribution in [3.05, 3.63) is 34.9 Å². The number of carbonyl (C=O) groups excluding carboxylic acids is 1. The van der Waals surface area contributed by atoms with E-state index in [4.69, 9.17) is 0 Å². The van der Waals surface area contributed by atoms with Crippen LogP contribution in [-0.2, 0) is 19.5 Å². The van der Waals surface area contributed by atoms with Crippen LogP contribution in [0.4, 0.5) is 4.79 Å². The second-order valence-corrected chi connectivity index (χ2v) is 6.30. The fourth-order valence-electron chi connectivity index (χ4n) is 3.51. The van der Waals surface area contributed by atoms with Crippen LogP contribution >= 0.6 is 0 Å². The molecule has 0 aromatic carbocycles. The van der Waals surface area contributed by atoms with Gasteiger partial charge in [0, 0.05) is 49.9 Å². The summed E-state index contributed by atoms with van der Waals surface area (Å²) in [6.07, 6.45) is 1.26. The summed E-state index contributed by atoms with van der Waals surface area (Å²) in [6, 6.07) is 1.91. The number of hydrogen-bond acceptors (Lipinski definition) is 4. The fourth-order valence-corrected chi connectivity index (χ4v) is 3.51. The molecule has 2 aromatic heterocycles. The topological polar surface area (TPSA) is 107 Å². The Hall–Kier alpha value is -2.84. The zero-order valence-corrected chi connectivity index (χ0v) is 13.3. The second-order valence-electron chi connectivity index (χ2n) is 6.30.